The summed E-state index contributed by atoms with van der Waals surface area (Å²) in [5.41, 5.74) is 5.31. The number of rotatable bonds is 4. The molecule has 2 aliphatic rings. The van der Waals surface area contributed by atoms with Gasteiger partial charge >= 0.3 is 0 Å². The van der Waals surface area contributed by atoms with E-state index in [-0.39, 0.29) is 5.92 Å². The van der Waals surface area contributed by atoms with Crippen LogP contribution in [0.2, 0.25) is 0 Å². The summed E-state index contributed by atoms with van der Waals surface area (Å²) in [6.07, 6.45) is 9.69. The first-order chi connectivity index (χ1) is 13.7. The van der Waals surface area contributed by atoms with E-state index in [1.54, 1.807) is 0 Å². The number of aliphatic hydroxyl groups is 1. The summed E-state index contributed by atoms with van der Waals surface area (Å²) in [6, 6.07) is 12.1. The lowest BCUT2D eigenvalue weighted by Crippen LogP contribution is -2.35. The minimum absolute atomic E-state index is 0.258. The zero-order chi connectivity index (χ0) is 19.1. The lowest BCUT2D eigenvalue weighted by atomic mass is 9.84. The third-order valence-corrected chi connectivity index (χ3v) is 6.33. The second-order valence-corrected chi connectivity index (χ2v) is 8.07. The normalized spacial score (nSPS) is 18.9. The fourth-order valence-electron chi connectivity index (χ4n) is 4.56. The van der Waals surface area contributed by atoms with Crippen LogP contribution >= 0.6 is 0 Å². The van der Waals surface area contributed by atoms with Gasteiger partial charge in [0.05, 0.1) is 35.8 Å². The van der Waals surface area contributed by atoms with Crippen molar-refractivity contribution in [2.75, 3.05) is 18.0 Å². The van der Waals surface area contributed by atoms with Crippen LogP contribution in [0.15, 0.2) is 49.1 Å². The Balaban J connectivity index is 1.35. The maximum atomic E-state index is 11.3. The Morgan fingerprint density at radius 2 is 1.82 bits per heavy atom. The molecule has 1 aliphatic carbocycles. The van der Waals surface area contributed by atoms with Crippen molar-refractivity contribution in [2.45, 2.75) is 37.7 Å². The highest BCUT2D eigenvalue weighted by molar-refractivity contribution is 5.59. The molecule has 3 aromatic rings. The molecule has 1 N–H and O–H groups in total. The Morgan fingerprint density at radius 1 is 1.07 bits per heavy atom. The number of hydrogen-bond acceptors (Lipinski definition) is 4. The largest absolute Gasteiger partial charge is 0.388 e. The molecule has 1 atom stereocenters. The van der Waals surface area contributed by atoms with Crippen LogP contribution in [0.1, 0.15) is 54.4 Å². The smallest absolute Gasteiger partial charge is 0.0992 e. The van der Waals surface area contributed by atoms with Crippen molar-refractivity contribution >= 4 is 11.2 Å². The summed E-state index contributed by atoms with van der Waals surface area (Å²) in [7, 11) is 0. The number of pyridine rings is 1. The van der Waals surface area contributed by atoms with Gasteiger partial charge in [-0.05, 0) is 73.4 Å². The molecule has 0 radical (unpaired) electrons. The molecule has 3 heterocycles. The van der Waals surface area contributed by atoms with Gasteiger partial charge in [-0.3, -0.25) is 0 Å². The number of benzene rings is 1. The summed E-state index contributed by atoms with van der Waals surface area (Å²) >= 11 is 0. The third-order valence-electron chi connectivity index (χ3n) is 6.33. The number of aromatic nitrogens is 2. The summed E-state index contributed by atoms with van der Waals surface area (Å²) in [4.78, 5) is 6.65. The van der Waals surface area contributed by atoms with E-state index in [4.69, 9.17) is 5.26 Å². The van der Waals surface area contributed by atoms with Gasteiger partial charge in [-0.1, -0.05) is 0 Å². The Kier molecular flexibility index (Phi) is 4.29. The molecule has 1 aromatic carbocycles. The van der Waals surface area contributed by atoms with Gasteiger partial charge in [0.25, 0.3) is 0 Å². The molecule has 0 spiro atoms. The van der Waals surface area contributed by atoms with E-state index in [0.717, 1.165) is 42.7 Å². The number of imidazole rings is 1. The van der Waals surface area contributed by atoms with Crippen molar-refractivity contribution in [3.63, 3.8) is 0 Å². The molecule has 1 aliphatic heterocycles. The van der Waals surface area contributed by atoms with Crippen LogP contribution in [0, 0.1) is 17.2 Å². The van der Waals surface area contributed by atoms with Gasteiger partial charge in [0.1, 0.15) is 0 Å². The van der Waals surface area contributed by atoms with E-state index >= 15 is 0 Å². The molecule has 1 saturated carbocycles. The standard InChI is InChI=1S/C23H24N4O/c24-13-16-1-5-19(6-2-16)26-10-7-18(8-11-26)23(28)22-20(17-3-4-17)9-12-27-15-25-14-21(22)27/h1-2,5-6,9,12,14-15,17-18,23,28H,3-4,7-8,10-11H2. The summed E-state index contributed by atoms with van der Waals surface area (Å²) in [5.74, 6) is 0.858. The molecular weight excluding hydrogens is 348 g/mol. The second-order valence-electron chi connectivity index (χ2n) is 8.07. The third kappa shape index (κ3) is 3.04. The molecule has 5 heteroatoms. The quantitative estimate of drug-likeness (QED) is 0.751. The molecule has 1 saturated heterocycles. The summed E-state index contributed by atoms with van der Waals surface area (Å²) in [5, 5.41) is 20.3. The molecular formula is C23H24N4O. The molecule has 0 amide bonds. The molecule has 142 valence electrons. The molecule has 2 aromatic heterocycles. The van der Waals surface area contributed by atoms with Gasteiger partial charge in [-0.2, -0.15) is 5.26 Å². The van der Waals surface area contributed by atoms with Crippen LogP contribution in [0.4, 0.5) is 5.69 Å². The van der Waals surface area contributed by atoms with Gasteiger partial charge in [-0.25, -0.2) is 4.98 Å². The highest BCUT2D eigenvalue weighted by Crippen LogP contribution is 2.46. The minimum atomic E-state index is -0.445. The molecule has 5 rings (SSSR count). The molecule has 0 bridgehead atoms. The van der Waals surface area contributed by atoms with Crippen LogP contribution in [0.3, 0.4) is 0 Å². The maximum absolute atomic E-state index is 11.3. The summed E-state index contributed by atoms with van der Waals surface area (Å²) in [6.45, 7) is 1.85. The van der Waals surface area contributed by atoms with Crippen molar-refractivity contribution in [1.29, 1.82) is 5.26 Å². The van der Waals surface area contributed by atoms with Crippen LogP contribution in [-0.2, 0) is 0 Å². The zero-order valence-electron chi connectivity index (χ0n) is 15.8. The van der Waals surface area contributed by atoms with Gasteiger partial charge in [0.2, 0.25) is 0 Å². The fraction of sp³-hybridized carbons (Fsp3) is 0.391. The van der Waals surface area contributed by atoms with E-state index < -0.39 is 6.10 Å². The molecule has 5 nitrogen and oxygen atoms in total. The Hall–Kier alpha value is -2.84. The van der Waals surface area contributed by atoms with Crippen LogP contribution in [-0.4, -0.2) is 27.6 Å². The predicted molar refractivity (Wildman–Crippen MR) is 108 cm³/mol. The van der Waals surface area contributed by atoms with E-state index in [9.17, 15) is 5.11 Å². The first-order valence-electron chi connectivity index (χ1n) is 10.1. The Bertz CT molecular complexity index is 1020. The van der Waals surface area contributed by atoms with Gasteiger partial charge < -0.3 is 14.4 Å². The Labute approximate surface area is 164 Å². The van der Waals surface area contributed by atoms with Crippen molar-refractivity contribution in [3.05, 3.63) is 65.7 Å². The SMILES string of the molecule is N#Cc1ccc(N2CCC(C(O)c3c(C4CC4)ccn4cncc34)CC2)cc1. The number of aliphatic hydroxyl groups excluding tert-OH is 1. The van der Waals surface area contributed by atoms with Gasteiger partial charge in [0.15, 0.2) is 0 Å². The molecule has 28 heavy (non-hydrogen) atoms. The van der Waals surface area contributed by atoms with Gasteiger partial charge in [-0.15, -0.1) is 0 Å². The number of nitrogens with zero attached hydrogens (tertiary/aromatic N) is 4. The van der Waals surface area contributed by atoms with Crippen molar-refractivity contribution in [2.24, 2.45) is 5.92 Å². The monoisotopic (exact) mass is 372 g/mol. The fourth-order valence-corrected chi connectivity index (χ4v) is 4.56. The van der Waals surface area contributed by atoms with Crippen molar-refractivity contribution < 1.29 is 5.11 Å². The predicted octanol–water partition coefficient (Wildman–Crippen LogP) is 4.03. The van der Waals surface area contributed by atoms with Crippen molar-refractivity contribution in [1.82, 2.24) is 9.38 Å². The first kappa shape index (κ1) is 17.3. The Morgan fingerprint density at radius 3 is 2.50 bits per heavy atom. The van der Waals surface area contributed by atoms with Crippen LogP contribution in [0.25, 0.3) is 5.52 Å². The average molecular weight is 372 g/mol. The summed E-state index contributed by atoms with van der Waals surface area (Å²) < 4.78 is 2.02. The van der Waals surface area contributed by atoms with E-state index in [2.05, 4.69) is 28.2 Å². The molecule has 2 fully saturated rings. The number of nitriles is 1. The topological polar surface area (TPSA) is 64.6 Å². The van der Waals surface area contributed by atoms with E-state index in [1.807, 2.05) is 41.2 Å². The van der Waals surface area contributed by atoms with Crippen molar-refractivity contribution in [3.8, 4) is 6.07 Å². The van der Waals surface area contributed by atoms with E-state index in [1.165, 1.54) is 18.4 Å². The number of fused-ring (bicyclic) bond motifs is 1. The number of piperidine rings is 1. The maximum Gasteiger partial charge on any atom is 0.0992 e. The van der Waals surface area contributed by atoms with Crippen LogP contribution < -0.4 is 4.90 Å². The lowest BCUT2D eigenvalue weighted by molar-refractivity contribution is 0.0931. The first-order valence-corrected chi connectivity index (χ1v) is 10.1. The minimum Gasteiger partial charge on any atom is -0.388 e. The molecule has 1 unspecified atom stereocenters. The highest BCUT2D eigenvalue weighted by Gasteiger charge is 2.33. The van der Waals surface area contributed by atoms with Gasteiger partial charge in [0, 0.05) is 30.5 Å². The zero-order valence-corrected chi connectivity index (χ0v) is 15.8. The van der Waals surface area contributed by atoms with Crippen LogP contribution in [0.5, 0.6) is 0 Å². The number of anilines is 1. The van der Waals surface area contributed by atoms with E-state index in [0.29, 0.717) is 11.5 Å². The average Bonchev–Trinajstić information content (AvgIpc) is 3.49. The lowest BCUT2D eigenvalue weighted by Gasteiger charge is -2.36. The number of hydrogen-bond donors (Lipinski definition) is 1. The highest BCUT2D eigenvalue weighted by atomic mass is 16.3. The second kappa shape index (κ2) is 6.96.